The van der Waals surface area contributed by atoms with Gasteiger partial charge in [-0.3, -0.25) is 9.69 Å². The molecule has 5 heteroatoms. The van der Waals surface area contributed by atoms with Gasteiger partial charge in [-0.1, -0.05) is 13.3 Å². The van der Waals surface area contributed by atoms with Crippen LogP contribution in [0.3, 0.4) is 0 Å². The first kappa shape index (κ1) is 18.7. The summed E-state index contributed by atoms with van der Waals surface area (Å²) in [7, 11) is 2.22. The summed E-state index contributed by atoms with van der Waals surface area (Å²) < 4.78 is 5.21. The Bertz CT molecular complexity index is 335. The van der Waals surface area contributed by atoms with Crippen molar-refractivity contribution >= 4 is 5.97 Å². The first-order chi connectivity index (χ1) is 11.2. The lowest BCUT2D eigenvalue weighted by Crippen LogP contribution is -2.52. The van der Waals surface area contributed by atoms with E-state index in [2.05, 4.69) is 28.7 Å². The van der Waals surface area contributed by atoms with Crippen molar-refractivity contribution in [2.24, 2.45) is 0 Å². The zero-order valence-electron chi connectivity index (χ0n) is 15.1. The minimum absolute atomic E-state index is 0.0224. The van der Waals surface area contributed by atoms with Crippen LogP contribution in [0.5, 0.6) is 0 Å². The van der Waals surface area contributed by atoms with Gasteiger partial charge in [0.2, 0.25) is 0 Å². The van der Waals surface area contributed by atoms with Crippen LogP contribution in [0.4, 0.5) is 0 Å². The Morgan fingerprint density at radius 2 is 1.74 bits per heavy atom. The summed E-state index contributed by atoms with van der Waals surface area (Å²) >= 11 is 0. The predicted octanol–water partition coefficient (Wildman–Crippen LogP) is 1.82. The minimum atomic E-state index is -0.0224. The van der Waals surface area contributed by atoms with Crippen LogP contribution in [0.1, 0.15) is 45.4 Å². The summed E-state index contributed by atoms with van der Waals surface area (Å²) in [5.74, 6) is -0.0224. The average Bonchev–Trinajstić information content (AvgIpc) is 2.57. The Labute approximate surface area is 141 Å². The zero-order chi connectivity index (χ0) is 16.5. The Morgan fingerprint density at radius 3 is 2.39 bits per heavy atom. The number of ether oxygens (including phenoxy) is 1. The van der Waals surface area contributed by atoms with Gasteiger partial charge in [0.1, 0.15) is 0 Å². The lowest BCUT2D eigenvalue weighted by Gasteiger charge is -2.42. The molecule has 0 atom stereocenters. The van der Waals surface area contributed by atoms with E-state index in [0.717, 1.165) is 31.8 Å². The number of piperidine rings is 1. The molecule has 0 aromatic rings. The lowest BCUT2D eigenvalue weighted by molar-refractivity contribution is -0.143. The fourth-order valence-electron chi connectivity index (χ4n) is 3.54. The second-order valence-corrected chi connectivity index (χ2v) is 7.09. The van der Waals surface area contributed by atoms with E-state index < -0.39 is 0 Å². The van der Waals surface area contributed by atoms with Crippen molar-refractivity contribution in [3.8, 4) is 0 Å². The molecule has 0 aliphatic carbocycles. The smallest absolute Gasteiger partial charge is 0.305 e. The maximum absolute atomic E-state index is 11.6. The molecular weight excluding hydrogens is 290 g/mol. The number of hydrogen-bond donors (Lipinski definition) is 0. The van der Waals surface area contributed by atoms with Crippen molar-refractivity contribution in [1.82, 2.24) is 14.7 Å². The van der Waals surface area contributed by atoms with Gasteiger partial charge in [-0.05, 0) is 52.4 Å². The molecule has 0 aromatic carbocycles. The minimum Gasteiger partial charge on any atom is -0.466 e. The molecular formula is C18H35N3O2. The van der Waals surface area contributed by atoms with E-state index >= 15 is 0 Å². The Morgan fingerprint density at radius 1 is 1.04 bits per heavy atom. The van der Waals surface area contributed by atoms with Crippen LogP contribution in [0.15, 0.2) is 0 Å². The third kappa shape index (κ3) is 6.77. The molecule has 0 bridgehead atoms. The summed E-state index contributed by atoms with van der Waals surface area (Å²) in [6, 6.07) is 0.777. The van der Waals surface area contributed by atoms with E-state index in [-0.39, 0.29) is 5.97 Å². The molecule has 2 saturated heterocycles. The molecule has 0 aromatic heterocycles. The van der Waals surface area contributed by atoms with Crippen LogP contribution in [0, 0.1) is 0 Å². The van der Waals surface area contributed by atoms with Gasteiger partial charge < -0.3 is 14.5 Å². The third-order valence-electron chi connectivity index (χ3n) is 5.23. The molecule has 23 heavy (non-hydrogen) atoms. The average molecular weight is 325 g/mol. The molecule has 2 rings (SSSR count). The molecule has 134 valence electrons. The van der Waals surface area contributed by atoms with Gasteiger partial charge in [0.25, 0.3) is 0 Å². The van der Waals surface area contributed by atoms with Crippen molar-refractivity contribution < 1.29 is 9.53 Å². The van der Waals surface area contributed by atoms with Crippen molar-refractivity contribution in [1.29, 1.82) is 0 Å². The van der Waals surface area contributed by atoms with Crippen molar-refractivity contribution in [2.45, 2.75) is 51.5 Å². The number of rotatable bonds is 8. The van der Waals surface area contributed by atoms with Crippen LogP contribution in [0.25, 0.3) is 0 Å². The fourth-order valence-corrected chi connectivity index (χ4v) is 3.54. The second kappa shape index (κ2) is 10.3. The molecule has 0 spiro atoms. The van der Waals surface area contributed by atoms with E-state index in [1.807, 2.05) is 0 Å². The number of esters is 1. The molecule has 2 heterocycles. The molecule has 5 nitrogen and oxygen atoms in total. The molecule has 2 fully saturated rings. The highest BCUT2D eigenvalue weighted by molar-refractivity contribution is 5.69. The quantitative estimate of drug-likeness (QED) is 0.502. The molecule has 2 aliphatic heterocycles. The maximum Gasteiger partial charge on any atom is 0.305 e. The number of likely N-dealkylation sites (tertiary alicyclic amines) is 1. The Kier molecular flexibility index (Phi) is 8.34. The molecule has 0 N–H and O–H groups in total. The monoisotopic (exact) mass is 325 g/mol. The summed E-state index contributed by atoms with van der Waals surface area (Å²) in [5, 5.41) is 0. The van der Waals surface area contributed by atoms with Gasteiger partial charge >= 0.3 is 5.97 Å². The van der Waals surface area contributed by atoms with Crippen LogP contribution in [-0.2, 0) is 9.53 Å². The number of unbranched alkanes of at least 4 members (excludes halogenated alkanes) is 1. The van der Waals surface area contributed by atoms with E-state index in [0.29, 0.717) is 13.0 Å². The number of likely N-dealkylation sites (N-methyl/N-ethyl adjacent to an activating group) is 1. The van der Waals surface area contributed by atoms with Gasteiger partial charge in [-0.15, -0.1) is 0 Å². The van der Waals surface area contributed by atoms with Crippen LogP contribution < -0.4 is 0 Å². The predicted molar refractivity (Wildman–Crippen MR) is 93.6 cm³/mol. The fraction of sp³-hybridized carbons (Fsp3) is 0.944. The van der Waals surface area contributed by atoms with Gasteiger partial charge in [0.15, 0.2) is 0 Å². The van der Waals surface area contributed by atoms with E-state index in [4.69, 9.17) is 4.74 Å². The summed E-state index contributed by atoms with van der Waals surface area (Å²) in [6.07, 6.45) is 6.13. The first-order valence-electron chi connectivity index (χ1n) is 9.49. The Hall–Kier alpha value is -0.650. The largest absolute Gasteiger partial charge is 0.466 e. The molecule has 0 radical (unpaired) electrons. The van der Waals surface area contributed by atoms with Gasteiger partial charge in [-0.2, -0.15) is 0 Å². The number of carbonyl (C=O) groups is 1. The molecule has 0 saturated carbocycles. The van der Waals surface area contributed by atoms with Crippen molar-refractivity contribution in [3.05, 3.63) is 0 Å². The van der Waals surface area contributed by atoms with Crippen molar-refractivity contribution in [2.75, 3.05) is 59.5 Å². The van der Waals surface area contributed by atoms with Gasteiger partial charge in [0, 0.05) is 38.6 Å². The molecule has 2 aliphatic rings. The standard InChI is InChI=1S/C18H35N3O2/c1-3-4-16-23-18(22)6-5-9-20-10-7-17(8-11-20)21-14-12-19(2)13-15-21/h17H,3-16H2,1-2H3. The lowest BCUT2D eigenvalue weighted by atomic mass is 10.0. The first-order valence-corrected chi connectivity index (χ1v) is 9.49. The Balaban J connectivity index is 1.53. The number of carbonyl (C=O) groups excluding carboxylic acids is 1. The summed E-state index contributed by atoms with van der Waals surface area (Å²) in [6.45, 7) is 11.0. The highest BCUT2D eigenvalue weighted by Gasteiger charge is 2.26. The zero-order valence-corrected chi connectivity index (χ0v) is 15.1. The molecule has 0 unspecified atom stereocenters. The van der Waals surface area contributed by atoms with E-state index in [1.54, 1.807) is 0 Å². The molecule has 0 amide bonds. The van der Waals surface area contributed by atoms with E-state index in [9.17, 15) is 4.79 Å². The van der Waals surface area contributed by atoms with Gasteiger partial charge in [-0.25, -0.2) is 0 Å². The topological polar surface area (TPSA) is 36.0 Å². The normalized spacial score (nSPS) is 22.3. The number of nitrogens with zero attached hydrogens (tertiary/aromatic N) is 3. The van der Waals surface area contributed by atoms with Crippen LogP contribution in [0.2, 0.25) is 0 Å². The van der Waals surface area contributed by atoms with Gasteiger partial charge in [0.05, 0.1) is 6.61 Å². The van der Waals surface area contributed by atoms with Crippen LogP contribution >= 0.6 is 0 Å². The number of hydrogen-bond acceptors (Lipinski definition) is 5. The third-order valence-corrected chi connectivity index (χ3v) is 5.23. The van der Waals surface area contributed by atoms with Crippen LogP contribution in [-0.4, -0.2) is 86.2 Å². The highest BCUT2D eigenvalue weighted by Crippen LogP contribution is 2.18. The summed E-state index contributed by atoms with van der Waals surface area (Å²) in [5.41, 5.74) is 0. The number of piperazine rings is 1. The SMILES string of the molecule is CCCCOC(=O)CCCN1CCC(N2CCN(C)CC2)CC1. The second-order valence-electron chi connectivity index (χ2n) is 7.09. The van der Waals surface area contributed by atoms with E-state index in [1.165, 1.54) is 52.1 Å². The maximum atomic E-state index is 11.6. The summed E-state index contributed by atoms with van der Waals surface area (Å²) in [4.78, 5) is 19.2. The van der Waals surface area contributed by atoms with Crippen molar-refractivity contribution in [3.63, 3.8) is 0 Å². The highest BCUT2D eigenvalue weighted by atomic mass is 16.5.